The first-order chi connectivity index (χ1) is 9.51. The van der Waals surface area contributed by atoms with E-state index in [-0.39, 0.29) is 19.7 Å². The molecule has 2 amide bonds. The van der Waals surface area contributed by atoms with Crippen molar-refractivity contribution in [3.8, 4) is 0 Å². The molecule has 2 unspecified atom stereocenters. The van der Waals surface area contributed by atoms with Crippen LogP contribution < -0.4 is 5.32 Å². The minimum Gasteiger partial charge on any atom is -0.481 e. The third-order valence-electron chi connectivity index (χ3n) is 3.20. The zero-order valence-electron chi connectivity index (χ0n) is 11.6. The molecule has 1 aliphatic heterocycles. The maximum atomic E-state index is 12.0. The van der Waals surface area contributed by atoms with Gasteiger partial charge in [-0.25, -0.2) is 9.59 Å². The summed E-state index contributed by atoms with van der Waals surface area (Å²) in [6, 6.07) is -1.28. The van der Waals surface area contributed by atoms with E-state index in [1.165, 1.54) is 12.0 Å². The molecule has 0 saturated carbocycles. The van der Waals surface area contributed by atoms with E-state index in [2.05, 4.69) is 10.1 Å². The molecule has 114 valence electrons. The molecule has 2 N–H and O–H groups in total. The quantitative estimate of drug-likeness (QED) is 0.672. The van der Waals surface area contributed by atoms with Crippen LogP contribution in [0.4, 0.5) is 4.79 Å². The van der Waals surface area contributed by atoms with E-state index in [1.54, 1.807) is 6.92 Å². The van der Waals surface area contributed by atoms with Crippen LogP contribution in [0.25, 0.3) is 0 Å². The molecule has 1 rings (SSSR count). The molecule has 0 bridgehead atoms. The number of rotatable bonds is 5. The van der Waals surface area contributed by atoms with E-state index < -0.39 is 29.9 Å². The first kappa shape index (κ1) is 16.2. The highest BCUT2D eigenvalue weighted by Crippen LogP contribution is 2.09. The van der Waals surface area contributed by atoms with Gasteiger partial charge in [0.25, 0.3) is 0 Å². The average Bonchev–Trinajstić information content (AvgIpc) is 2.46. The topological polar surface area (TPSA) is 105 Å². The van der Waals surface area contributed by atoms with Gasteiger partial charge in [-0.3, -0.25) is 4.79 Å². The number of ether oxygens (including phenoxy) is 2. The molecule has 0 aliphatic carbocycles. The van der Waals surface area contributed by atoms with Crippen LogP contribution >= 0.6 is 0 Å². The van der Waals surface area contributed by atoms with Gasteiger partial charge < -0.3 is 24.8 Å². The van der Waals surface area contributed by atoms with Crippen LogP contribution in [-0.2, 0) is 19.1 Å². The summed E-state index contributed by atoms with van der Waals surface area (Å²) < 4.78 is 9.77. The second kappa shape index (κ2) is 7.68. The lowest BCUT2D eigenvalue weighted by Gasteiger charge is -2.33. The molecule has 2 atom stereocenters. The maximum absolute atomic E-state index is 12.0. The van der Waals surface area contributed by atoms with Crippen molar-refractivity contribution in [2.24, 2.45) is 5.92 Å². The van der Waals surface area contributed by atoms with Gasteiger partial charge in [0.2, 0.25) is 0 Å². The Morgan fingerprint density at radius 1 is 1.50 bits per heavy atom. The third-order valence-corrected chi connectivity index (χ3v) is 3.20. The number of hydrogen-bond donors (Lipinski definition) is 2. The zero-order chi connectivity index (χ0) is 15.1. The van der Waals surface area contributed by atoms with E-state index in [0.717, 1.165) is 0 Å². The van der Waals surface area contributed by atoms with Crippen molar-refractivity contribution < 1.29 is 29.0 Å². The third kappa shape index (κ3) is 4.09. The van der Waals surface area contributed by atoms with Gasteiger partial charge in [0.05, 0.1) is 26.2 Å². The van der Waals surface area contributed by atoms with Gasteiger partial charge >= 0.3 is 18.0 Å². The minimum atomic E-state index is -0.959. The molecule has 0 spiro atoms. The number of nitrogens with one attached hydrogen (secondary N) is 1. The van der Waals surface area contributed by atoms with Crippen LogP contribution in [0.2, 0.25) is 0 Å². The Morgan fingerprint density at radius 2 is 2.20 bits per heavy atom. The highest BCUT2D eigenvalue weighted by atomic mass is 16.5. The molecule has 0 aromatic heterocycles. The highest BCUT2D eigenvalue weighted by molar-refractivity contribution is 5.84. The number of carboxylic acid groups (broad SMARTS) is 1. The van der Waals surface area contributed by atoms with Crippen molar-refractivity contribution in [3.63, 3.8) is 0 Å². The van der Waals surface area contributed by atoms with E-state index in [4.69, 9.17) is 9.84 Å². The number of aliphatic carboxylic acids is 1. The summed E-state index contributed by atoms with van der Waals surface area (Å²) in [6.45, 7) is 2.43. The van der Waals surface area contributed by atoms with Crippen molar-refractivity contribution in [2.45, 2.75) is 19.4 Å². The SMILES string of the molecule is CCC(CNC(=O)N1CCOCC1C(=O)OC)C(=O)O. The van der Waals surface area contributed by atoms with Crippen LogP contribution in [0.5, 0.6) is 0 Å². The molecule has 1 saturated heterocycles. The Hall–Kier alpha value is -1.83. The van der Waals surface area contributed by atoms with Crippen molar-refractivity contribution in [1.82, 2.24) is 10.2 Å². The number of nitrogens with zero attached hydrogens (tertiary/aromatic N) is 1. The van der Waals surface area contributed by atoms with Gasteiger partial charge in [0.15, 0.2) is 6.04 Å². The van der Waals surface area contributed by atoms with Gasteiger partial charge in [-0.15, -0.1) is 0 Å². The van der Waals surface area contributed by atoms with Crippen LogP contribution in [0, 0.1) is 5.92 Å². The number of morpholine rings is 1. The summed E-state index contributed by atoms with van der Waals surface area (Å²) in [5.41, 5.74) is 0. The predicted octanol–water partition coefficient (Wildman–Crippen LogP) is -0.319. The molecule has 8 nitrogen and oxygen atoms in total. The fourth-order valence-electron chi connectivity index (χ4n) is 1.90. The Bertz CT molecular complexity index is 373. The lowest BCUT2D eigenvalue weighted by Crippen LogP contribution is -2.56. The summed E-state index contributed by atoms with van der Waals surface area (Å²) in [5.74, 6) is -2.15. The molecule has 1 heterocycles. The Kier molecular flexibility index (Phi) is 6.23. The van der Waals surface area contributed by atoms with E-state index in [9.17, 15) is 14.4 Å². The number of esters is 1. The summed E-state index contributed by atoms with van der Waals surface area (Å²) in [5, 5.41) is 11.5. The molecule has 1 aliphatic rings. The molecule has 8 heteroatoms. The summed E-state index contributed by atoms with van der Waals surface area (Å²) in [4.78, 5) is 35.8. The fourth-order valence-corrected chi connectivity index (χ4v) is 1.90. The molecule has 0 aromatic carbocycles. The number of urea groups is 1. The minimum absolute atomic E-state index is 0.0237. The van der Waals surface area contributed by atoms with Crippen molar-refractivity contribution in [1.29, 1.82) is 0 Å². The van der Waals surface area contributed by atoms with Crippen molar-refractivity contribution in [3.05, 3.63) is 0 Å². The monoisotopic (exact) mass is 288 g/mol. The predicted molar refractivity (Wildman–Crippen MR) is 68.1 cm³/mol. The molecular formula is C12H20N2O6. The van der Waals surface area contributed by atoms with Crippen molar-refractivity contribution in [2.75, 3.05) is 33.4 Å². The smallest absolute Gasteiger partial charge is 0.331 e. The summed E-state index contributed by atoms with van der Waals surface area (Å²) in [7, 11) is 1.24. The lowest BCUT2D eigenvalue weighted by molar-refractivity contribution is -0.151. The van der Waals surface area contributed by atoms with Gasteiger partial charge in [-0.05, 0) is 6.42 Å². The van der Waals surface area contributed by atoms with E-state index in [0.29, 0.717) is 13.0 Å². The first-order valence-corrected chi connectivity index (χ1v) is 6.44. The van der Waals surface area contributed by atoms with Crippen LogP contribution in [-0.4, -0.2) is 67.4 Å². The van der Waals surface area contributed by atoms with Gasteiger partial charge in [0, 0.05) is 13.1 Å². The molecule has 20 heavy (non-hydrogen) atoms. The van der Waals surface area contributed by atoms with E-state index in [1.807, 2.05) is 0 Å². The Labute approximate surface area is 117 Å². The second-order valence-electron chi connectivity index (χ2n) is 4.44. The number of carbonyl (C=O) groups is 3. The Morgan fingerprint density at radius 3 is 2.75 bits per heavy atom. The molecule has 0 aromatic rings. The van der Waals surface area contributed by atoms with Crippen LogP contribution in [0.15, 0.2) is 0 Å². The number of amides is 2. The number of carboxylic acids is 1. The number of methoxy groups -OCH3 is 1. The van der Waals surface area contributed by atoms with Gasteiger partial charge in [0.1, 0.15) is 0 Å². The average molecular weight is 288 g/mol. The number of hydrogen-bond acceptors (Lipinski definition) is 5. The van der Waals surface area contributed by atoms with Crippen molar-refractivity contribution >= 4 is 18.0 Å². The van der Waals surface area contributed by atoms with Crippen LogP contribution in [0.1, 0.15) is 13.3 Å². The normalized spacial score (nSPS) is 20.1. The first-order valence-electron chi connectivity index (χ1n) is 6.44. The lowest BCUT2D eigenvalue weighted by atomic mass is 10.1. The maximum Gasteiger partial charge on any atom is 0.331 e. The highest BCUT2D eigenvalue weighted by Gasteiger charge is 2.34. The standard InChI is InChI=1S/C12H20N2O6/c1-3-8(10(15)16)6-13-12(18)14-4-5-20-7-9(14)11(17)19-2/h8-9H,3-7H2,1-2H3,(H,13,18)(H,15,16). The second-order valence-corrected chi connectivity index (χ2v) is 4.44. The largest absolute Gasteiger partial charge is 0.481 e. The van der Waals surface area contributed by atoms with Gasteiger partial charge in [-0.2, -0.15) is 0 Å². The Balaban J connectivity index is 2.59. The van der Waals surface area contributed by atoms with Gasteiger partial charge in [-0.1, -0.05) is 6.92 Å². The van der Waals surface area contributed by atoms with E-state index >= 15 is 0 Å². The van der Waals surface area contributed by atoms with Crippen LogP contribution in [0.3, 0.4) is 0 Å². The molecule has 1 fully saturated rings. The molecule has 0 radical (unpaired) electrons. The summed E-state index contributed by atoms with van der Waals surface area (Å²) >= 11 is 0. The zero-order valence-corrected chi connectivity index (χ0v) is 11.6. The summed E-state index contributed by atoms with van der Waals surface area (Å²) in [6.07, 6.45) is 0.416. The number of carbonyl (C=O) groups excluding carboxylic acids is 2. The molecular weight excluding hydrogens is 268 g/mol. The fraction of sp³-hybridized carbons (Fsp3) is 0.750.